The van der Waals surface area contributed by atoms with Gasteiger partial charge < -0.3 is 14.8 Å². The summed E-state index contributed by atoms with van der Waals surface area (Å²) in [6, 6.07) is 22.5. The van der Waals surface area contributed by atoms with Crippen LogP contribution < -0.4 is 14.8 Å². The number of aryl methyl sites for hydroxylation is 1. The van der Waals surface area contributed by atoms with E-state index in [4.69, 9.17) is 21.7 Å². The van der Waals surface area contributed by atoms with Crippen molar-refractivity contribution in [2.24, 2.45) is 0 Å². The third kappa shape index (κ3) is 5.78. The highest BCUT2D eigenvalue weighted by atomic mass is 32.2. The van der Waals surface area contributed by atoms with Gasteiger partial charge in [0.2, 0.25) is 0 Å². The number of methoxy groups -OCH3 is 1. The fourth-order valence-electron chi connectivity index (χ4n) is 3.78. The molecule has 6 nitrogen and oxygen atoms in total. The molecule has 36 heavy (non-hydrogen) atoms. The van der Waals surface area contributed by atoms with E-state index in [1.165, 1.54) is 18.9 Å². The summed E-state index contributed by atoms with van der Waals surface area (Å²) in [4.78, 5) is 27.7. The van der Waals surface area contributed by atoms with E-state index in [1.54, 1.807) is 23.1 Å². The molecule has 0 unspecified atom stereocenters. The van der Waals surface area contributed by atoms with Crippen LogP contribution in [0.15, 0.2) is 77.7 Å². The van der Waals surface area contributed by atoms with Gasteiger partial charge in [-0.3, -0.25) is 14.5 Å². The number of thiocarbonyl (C=S) groups is 1. The van der Waals surface area contributed by atoms with Crippen molar-refractivity contribution >= 4 is 51.9 Å². The maximum absolute atomic E-state index is 13.2. The second kappa shape index (κ2) is 11.4. The zero-order chi connectivity index (χ0) is 25.7. The minimum atomic E-state index is -0.272. The molecule has 1 saturated heterocycles. The van der Waals surface area contributed by atoms with Gasteiger partial charge in [-0.25, -0.2) is 0 Å². The van der Waals surface area contributed by atoms with Crippen molar-refractivity contribution in [3.63, 3.8) is 0 Å². The van der Waals surface area contributed by atoms with Gasteiger partial charge in [0, 0.05) is 5.69 Å². The summed E-state index contributed by atoms with van der Waals surface area (Å²) in [5.74, 6) is 0.487. The molecule has 3 aromatic carbocycles. The Hall–Kier alpha value is -3.62. The van der Waals surface area contributed by atoms with Crippen molar-refractivity contribution in [2.75, 3.05) is 19.0 Å². The van der Waals surface area contributed by atoms with E-state index in [2.05, 4.69) is 5.32 Å². The fourth-order valence-corrected chi connectivity index (χ4v) is 5.20. The van der Waals surface area contributed by atoms with E-state index >= 15 is 0 Å². The Morgan fingerprint density at radius 1 is 1.08 bits per heavy atom. The van der Waals surface area contributed by atoms with Crippen LogP contribution in [0, 0.1) is 6.92 Å². The molecule has 4 rings (SSSR count). The zero-order valence-electron chi connectivity index (χ0n) is 20.2. The topological polar surface area (TPSA) is 67.9 Å². The third-order valence-corrected chi connectivity index (χ3v) is 7.09. The summed E-state index contributed by atoms with van der Waals surface area (Å²) in [5, 5.41) is 2.84. The number of thioether (sulfide) groups is 1. The van der Waals surface area contributed by atoms with E-state index in [-0.39, 0.29) is 24.5 Å². The number of ether oxygens (including phenoxy) is 2. The quantitative estimate of drug-likeness (QED) is 0.292. The molecule has 8 heteroatoms. The Balaban J connectivity index is 1.45. The van der Waals surface area contributed by atoms with Crippen LogP contribution in [0.25, 0.3) is 6.08 Å². The van der Waals surface area contributed by atoms with E-state index in [0.717, 1.165) is 22.4 Å². The first kappa shape index (κ1) is 25.5. The van der Waals surface area contributed by atoms with Crippen molar-refractivity contribution in [3.05, 3.63) is 94.4 Å². The van der Waals surface area contributed by atoms with Crippen molar-refractivity contribution < 1.29 is 19.1 Å². The summed E-state index contributed by atoms with van der Waals surface area (Å²) in [7, 11) is 1.53. The number of nitrogens with zero attached hydrogens (tertiary/aromatic N) is 1. The van der Waals surface area contributed by atoms with Crippen LogP contribution in [0.3, 0.4) is 0 Å². The molecule has 0 radical (unpaired) electrons. The SMILES string of the molecule is COc1cc(/C=C2\SC(=S)N([C@@H](C)c3ccccc3)C2=O)ccc1OCC(=O)Nc1ccccc1C. The molecule has 0 saturated carbocycles. The second-order valence-electron chi connectivity index (χ2n) is 8.20. The average Bonchev–Trinajstić information content (AvgIpc) is 3.16. The third-order valence-electron chi connectivity index (χ3n) is 5.76. The first-order valence-electron chi connectivity index (χ1n) is 11.4. The number of amides is 2. The lowest BCUT2D eigenvalue weighted by molar-refractivity contribution is -0.123. The molecular weight excluding hydrogens is 492 g/mol. The van der Waals surface area contributed by atoms with Crippen molar-refractivity contribution in [3.8, 4) is 11.5 Å². The van der Waals surface area contributed by atoms with Crippen molar-refractivity contribution in [2.45, 2.75) is 19.9 Å². The lowest BCUT2D eigenvalue weighted by atomic mass is 10.1. The number of para-hydroxylation sites is 1. The van der Waals surface area contributed by atoms with Crippen LogP contribution in [0.2, 0.25) is 0 Å². The van der Waals surface area contributed by atoms with Crippen LogP contribution in [0.1, 0.15) is 29.7 Å². The van der Waals surface area contributed by atoms with Crippen LogP contribution in [-0.2, 0) is 9.59 Å². The smallest absolute Gasteiger partial charge is 0.266 e. The van der Waals surface area contributed by atoms with E-state index < -0.39 is 0 Å². The molecule has 184 valence electrons. The normalized spacial score (nSPS) is 15.2. The predicted molar refractivity (Wildman–Crippen MR) is 148 cm³/mol. The van der Waals surface area contributed by atoms with Crippen molar-refractivity contribution in [1.82, 2.24) is 4.90 Å². The number of hydrogen-bond acceptors (Lipinski definition) is 6. The number of benzene rings is 3. The molecule has 1 atom stereocenters. The van der Waals surface area contributed by atoms with Crippen molar-refractivity contribution in [1.29, 1.82) is 0 Å². The average molecular weight is 519 g/mol. The minimum absolute atomic E-state index is 0.131. The summed E-state index contributed by atoms with van der Waals surface area (Å²) in [6.07, 6.45) is 1.79. The first-order chi connectivity index (χ1) is 17.4. The Kier molecular flexibility index (Phi) is 8.07. The van der Waals surface area contributed by atoms with E-state index in [0.29, 0.717) is 20.7 Å². The van der Waals surface area contributed by atoms with Gasteiger partial charge in [0.05, 0.1) is 18.1 Å². The fraction of sp³-hybridized carbons (Fsp3) is 0.179. The molecule has 2 amide bonds. The van der Waals surface area contributed by atoms with E-state index in [1.807, 2.05) is 74.5 Å². The lowest BCUT2D eigenvalue weighted by Gasteiger charge is -2.23. The number of rotatable bonds is 8. The zero-order valence-corrected chi connectivity index (χ0v) is 21.8. The first-order valence-corrected chi connectivity index (χ1v) is 12.6. The number of carbonyl (C=O) groups is 2. The summed E-state index contributed by atoms with van der Waals surface area (Å²) in [5.41, 5.74) is 3.49. The molecule has 1 aliphatic heterocycles. The van der Waals surface area contributed by atoms with Gasteiger partial charge in [0.25, 0.3) is 11.8 Å². The lowest BCUT2D eigenvalue weighted by Crippen LogP contribution is -2.30. The largest absolute Gasteiger partial charge is 0.493 e. The highest BCUT2D eigenvalue weighted by Crippen LogP contribution is 2.39. The molecule has 1 N–H and O–H groups in total. The molecule has 0 bridgehead atoms. The summed E-state index contributed by atoms with van der Waals surface area (Å²) < 4.78 is 11.7. The van der Waals surface area contributed by atoms with Gasteiger partial charge in [-0.05, 0) is 54.8 Å². The van der Waals surface area contributed by atoms with Gasteiger partial charge in [-0.15, -0.1) is 0 Å². The van der Waals surface area contributed by atoms with Crippen LogP contribution in [0.5, 0.6) is 11.5 Å². The predicted octanol–water partition coefficient (Wildman–Crippen LogP) is 5.98. The molecule has 1 aliphatic rings. The number of anilines is 1. The highest BCUT2D eigenvalue weighted by Gasteiger charge is 2.35. The standard InChI is InChI=1S/C28H26N2O4S2/c1-18-9-7-8-12-22(18)29-26(31)17-34-23-14-13-20(15-24(23)33-3)16-25-27(32)30(28(35)36-25)19(2)21-10-5-4-6-11-21/h4-16,19H,17H2,1-3H3,(H,29,31)/b25-16-/t19-/m0/s1. The number of hydrogen-bond donors (Lipinski definition) is 1. The maximum Gasteiger partial charge on any atom is 0.266 e. The molecule has 3 aromatic rings. The van der Waals surface area contributed by atoms with Crippen LogP contribution >= 0.6 is 24.0 Å². The van der Waals surface area contributed by atoms with Crippen LogP contribution in [-0.4, -0.2) is 34.8 Å². The number of carbonyl (C=O) groups excluding carboxylic acids is 2. The Labute approximate surface area is 220 Å². The van der Waals surface area contributed by atoms with Gasteiger partial charge in [0.1, 0.15) is 4.32 Å². The monoisotopic (exact) mass is 518 g/mol. The molecule has 0 aliphatic carbocycles. The summed E-state index contributed by atoms with van der Waals surface area (Å²) in [6.45, 7) is 3.72. The van der Waals surface area contributed by atoms with E-state index in [9.17, 15) is 9.59 Å². The Bertz CT molecular complexity index is 1320. The Morgan fingerprint density at radius 3 is 2.53 bits per heavy atom. The van der Waals surface area contributed by atoms with Gasteiger partial charge >= 0.3 is 0 Å². The molecular formula is C28H26N2O4S2. The van der Waals surface area contributed by atoms with Gasteiger partial charge in [0.15, 0.2) is 18.1 Å². The maximum atomic E-state index is 13.2. The van der Waals surface area contributed by atoms with Crippen LogP contribution in [0.4, 0.5) is 5.69 Å². The highest BCUT2D eigenvalue weighted by molar-refractivity contribution is 8.26. The minimum Gasteiger partial charge on any atom is -0.493 e. The molecule has 0 aromatic heterocycles. The molecule has 1 fully saturated rings. The second-order valence-corrected chi connectivity index (χ2v) is 9.88. The number of nitrogens with one attached hydrogen (secondary N) is 1. The summed E-state index contributed by atoms with van der Waals surface area (Å²) >= 11 is 6.79. The molecule has 1 heterocycles. The van der Waals surface area contributed by atoms with Gasteiger partial charge in [-0.2, -0.15) is 0 Å². The van der Waals surface area contributed by atoms with Gasteiger partial charge in [-0.1, -0.05) is 78.6 Å². The molecule has 0 spiro atoms. The Morgan fingerprint density at radius 2 is 1.81 bits per heavy atom.